The molecule has 23 heavy (non-hydrogen) atoms. The Kier molecular flexibility index (Phi) is 5.81. The van der Waals surface area contributed by atoms with Gasteiger partial charge in [-0.2, -0.15) is 0 Å². The molecule has 7 heteroatoms. The first kappa shape index (κ1) is 17.9. The number of para-hydroxylation sites is 1. The molecule has 3 rings (SSSR count). The fourth-order valence-corrected chi connectivity index (χ4v) is 3.14. The van der Waals surface area contributed by atoms with Crippen molar-refractivity contribution in [1.82, 2.24) is 4.98 Å². The number of halogens is 3. The summed E-state index contributed by atoms with van der Waals surface area (Å²) < 4.78 is 21.2. The molecule has 0 saturated carbocycles. The fraction of sp³-hybridized carbons (Fsp3) is 0.188. The molecule has 0 amide bonds. The molecule has 0 bridgehead atoms. The van der Waals surface area contributed by atoms with Gasteiger partial charge in [-0.1, -0.05) is 48.1 Å². The van der Waals surface area contributed by atoms with E-state index in [2.05, 4.69) is 4.98 Å². The maximum Gasteiger partial charge on any atom is 0.279 e. The molecule has 0 radical (unpaired) electrons. The second-order valence-electron chi connectivity index (χ2n) is 4.84. The standard InChI is InChI=1S/C16H14ClFN2OS.ClH/c1-2-11(19)9-7-8-10(17)15(14(9)18)21-16-20-12-5-3-4-6-13(12)22-16;/h3-8,11H,2,19H2,1H3;1H/t11-;/m1./s1. The minimum absolute atomic E-state index is 0. The van der Waals surface area contributed by atoms with E-state index in [0.717, 1.165) is 10.2 Å². The summed E-state index contributed by atoms with van der Waals surface area (Å²) in [6.07, 6.45) is 0.624. The van der Waals surface area contributed by atoms with Crippen molar-refractivity contribution in [2.75, 3.05) is 0 Å². The van der Waals surface area contributed by atoms with E-state index in [1.807, 2.05) is 31.2 Å². The third-order valence-corrected chi connectivity index (χ3v) is 4.59. The average Bonchev–Trinajstić information content (AvgIpc) is 2.93. The molecule has 2 N–H and O–H groups in total. The number of thiazole rings is 1. The number of hydrogen-bond acceptors (Lipinski definition) is 4. The molecule has 1 heterocycles. The van der Waals surface area contributed by atoms with Gasteiger partial charge >= 0.3 is 0 Å². The quantitative estimate of drug-likeness (QED) is 0.637. The van der Waals surface area contributed by atoms with Gasteiger partial charge in [0.15, 0.2) is 11.6 Å². The Morgan fingerprint density at radius 2 is 2.04 bits per heavy atom. The predicted octanol–water partition coefficient (Wildman–Crippen LogP) is 5.71. The Balaban J connectivity index is 0.00000192. The van der Waals surface area contributed by atoms with Crippen LogP contribution in [0.4, 0.5) is 4.39 Å². The van der Waals surface area contributed by atoms with Crippen LogP contribution >= 0.6 is 35.3 Å². The zero-order valence-electron chi connectivity index (χ0n) is 12.3. The van der Waals surface area contributed by atoms with Crippen LogP contribution in [0.5, 0.6) is 10.9 Å². The number of aromatic nitrogens is 1. The van der Waals surface area contributed by atoms with Crippen LogP contribution < -0.4 is 10.5 Å². The van der Waals surface area contributed by atoms with Crippen molar-refractivity contribution in [1.29, 1.82) is 0 Å². The van der Waals surface area contributed by atoms with Gasteiger partial charge in [0.05, 0.1) is 15.2 Å². The summed E-state index contributed by atoms with van der Waals surface area (Å²) in [6.45, 7) is 1.90. The Labute approximate surface area is 148 Å². The van der Waals surface area contributed by atoms with E-state index in [1.54, 1.807) is 12.1 Å². The Bertz CT molecular complexity index is 792. The molecule has 1 aromatic heterocycles. The van der Waals surface area contributed by atoms with Crippen LogP contribution in [0.25, 0.3) is 10.2 Å². The SMILES string of the molecule is CC[C@@H](N)c1ccc(Cl)c(Oc2nc3ccccc3s2)c1F.Cl. The van der Waals surface area contributed by atoms with E-state index >= 15 is 0 Å². The summed E-state index contributed by atoms with van der Waals surface area (Å²) in [7, 11) is 0. The Morgan fingerprint density at radius 1 is 1.30 bits per heavy atom. The minimum Gasteiger partial charge on any atom is -0.426 e. The third-order valence-electron chi connectivity index (χ3n) is 3.38. The van der Waals surface area contributed by atoms with E-state index in [-0.39, 0.29) is 23.2 Å². The lowest BCUT2D eigenvalue weighted by Gasteiger charge is -2.14. The summed E-state index contributed by atoms with van der Waals surface area (Å²) in [5.74, 6) is -0.553. The lowest BCUT2D eigenvalue weighted by Crippen LogP contribution is -2.11. The molecule has 1 atom stereocenters. The van der Waals surface area contributed by atoms with Gasteiger partial charge in [-0.25, -0.2) is 9.37 Å². The van der Waals surface area contributed by atoms with E-state index in [1.165, 1.54) is 11.3 Å². The van der Waals surface area contributed by atoms with Gasteiger partial charge in [-0.3, -0.25) is 0 Å². The highest BCUT2D eigenvalue weighted by Gasteiger charge is 2.19. The topological polar surface area (TPSA) is 48.1 Å². The number of nitrogens with zero attached hydrogens (tertiary/aromatic N) is 1. The lowest BCUT2D eigenvalue weighted by molar-refractivity contribution is 0.433. The van der Waals surface area contributed by atoms with Crippen LogP contribution in [0.3, 0.4) is 0 Å². The maximum absolute atomic E-state index is 14.6. The molecular formula is C16H15Cl2FN2OS. The zero-order valence-corrected chi connectivity index (χ0v) is 14.6. The number of nitrogens with two attached hydrogens (primary N) is 1. The van der Waals surface area contributed by atoms with Gasteiger partial charge in [0.2, 0.25) is 0 Å². The minimum atomic E-state index is -0.527. The predicted molar refractivity (Wildman–Crippen MR) is 95.6 cm³/mol. The summed E-state index contributed by atoms with van der Waals surface area (Å²) >= 11 is 7.41. The van der Waals surface area contributed by atoms with Crippen molar-refractivity contribution >= 4 is 45.6 Å². The van der Waals surface area contributed by atoms with Gasteiger partial charge in [-0.15, -0.1) is 12.4 Å². The number of rotatable bonds is 4. The number of hydrogen-bond donors (Lipinski definition) is 1. The molecule has 0 spiro atoms. The van der Waals surface area contributed by atoms with Crippen molar-refractivity contribution in [2.45, 2.75) is 19.4 Å². The highest BCUT2D eigenvalue weighted by molar-refractivity contribution is 7.20. The van der Waals surface area contributed by atoms with E-state index < -0.39 is 11.9 Å². The summed E-state index contributed by atoms with van der Waals surface area (Å²) in [6, 6.07) is 10.4. The molecule has 2 aromatic carbocycles. The molecular weight excluding hydrogens is 358 g/mol. The van der Waals surface area contributed by atoms with E-state index in [0.29, 0.717) is 17.2 Å². The molecule has 0 unspecified atom stereocenters. The Morgan fingerprint density at radius 3 is 2.74 bits per heavy atom. The molecule has 0 aliphatic carbocycles. The summed E-state index contributed by atoms with van der Waals surface area (Å²) in [5.41, 5.74) is 7.11. The van der Waals surface area contributed by atoms with Crippen LogP contribution in [-0.2, 0) is 0 Å². The maximum atomic E-state index is 14.6. The van der Waals surface area contributed by atoms with Crippen LogP contribution in [0.15, 0.2) is 36.4 Å². The van der Waals surface area contributed by atoms with Crippen LogP contribution in [0.1, 0.15) is 24.9 Å². The second-order valence-corrected chi connectivity index (χ2v) is 6.24. The van der Waals surface area contributed by atoms with Gasteiger partial charge in [0.25, 0.3) is 5.19 Å². The molecule has 0 fully saturated rings. The van der Waals surface area contributed by atoms with Gasteiger partial charge in [0, 0.05) is 11.6 Å². The first-order valence-corrected chi connectivity index (χ1v) is 8.06. The normalized spacial score (nSPS) is 12.0. The van der Waals surface area contributed by atoms with Crippen LogP contribution in [-0.4, -0.2) is 4.98 Å². The van der Waals surface area contributed by atoms with Crippen molar-refractivity contribution in [2.24, 2.45) is 5.73 Å². The van der Waals surface area contributed by atoms with Crippen molar-refractivity contribution in [3.8, 4) is 10.9 Å². The van der Waals surface area contributed by atoms with Crippen molar-refractivity contribution in [3.63, 3.8) is 0 Å². The fourth-order valence-electron chi connectivity index (χ4n) is 2.13. The highest BCUT2D eigenvalue weighted by Crippen LogP contribution is 2.38. The van der Waals surface area contributed by atoms with Gasteiger partial charge in [0.1, 0.15) is 0 Å². The first-order valence-electron chi connectivity index (χ1n) is 6.87. The highest BCUT2D eigenvalue weighted by atomic mass is 35.5. The van der Waals surface area contributed by atoms with Gasteiger partial charge < -0.3 is 10.5 Å². The van der Waals surface area contributed by atoms with E-state index in [9.17, 15) is 4.39 Å². The average molecular weight is 373 g/mol. The molecule has 0 aliphatic rings. The lowest BCUT2D eigenvalue weighted by atomic mass is 10.0. The monoisotopic (exact) mass is 372 g/mol. The van der Waals surface area contributed by atoms with Crippen LogP contribution in [0, 0.1) is 5.82 Å². The third kappa shape index (κ3) is 3.58. The van der Waals surface area contributed by atoms with Crippen molar-refractivity contribution in [3.05, 3.63) is 52.8 Å². The van der Waals surface area contributed by atoms with E-state index in [4.69, 9.17) is 22.1 Å². The number of benzene rings is 2. The number of ether oxygens (including phenoxy) is 1. The van der Waals surface area contributed by atoms with Crippen molar-refractivity contribution < 1.29 is 9.13 Å². The number of fused-ring (bicyclic) bond motifs is 1. The Hall–Kier alpha value is -1.40. The zero-order chi connectivity index (χ0) is 15.7. The smallest absolute Gasteiger partial charge is 0.279 e. The summed E-state index contributed by atoms with van der Waals surface area (Å²) in [4.78, 5) is 4.32. The van der Waals surface area contributed by atoms with Gasteiger partial charge in [-0.05, 0) is 24.6 Å². The summed E-state index contributed by atoms with van der Waals surface area (Å²) in [5, 5.41) is 0.549. The molecule has 0 aliphatic heterocycles. The van der Waals surface area contributed by atoms with Crippen LogP contribution in [0.2, 0.25) is 5.02 Å². The second kappa shape index (κ2) is 7.45. The molecule has 0 saturated heterocycles. The molecule has 3 nitrogen and oxygen atoms in total. The largest absolute Gasteiger partial charge is 0.426 e. The molecule has 122 valence electrons. The molecule has 3 aromatic rings. The first-order chi connectivity index (χ1) is 10.6.